The summed E-state index contributed by atoms with van der Waals surface area (Å²) in [4.78, 5) is 38.2. The fourth-order valence-electron chi connectivity index (χ4n) is 12.5. The molecule has 0 bridgehead atoms. The summed E-state index contributed by atoms with van der Waals surface area (Å²) in [5.41, 5.74) is 0. The van der Waals surface area contributed by atoms with Crippen LogP contribution in [0.5, 0.6) is 0 Å². The Morgan fingerprint density at radius 3 is 0.868 bits per heavy atom. The summed E-state index contributed by atoms with van der Waals surface area (Å²) in [6.07, 6.45) is 93.1. The zero-order valence-corrected chi connectivity index (χ0v) is 62.7. The van der Waals surface area contributed by atoms with Crippen molar-refractivity contribution in [2.45, 2.75) is 437 Å². The van der Waals surface area contributed by atoms with Crippen molar-refractivity contribution in [3.8, 4) is 0 Å². The molecule has 0 N–H and O–H groups in total. The summed E-state index contributed by atoms with van der Waals surface area (Å²) in [6, 6.07) is 0. The topological polar surface area (TPSA) is 111 Å². The van der Waals surface area contributed by atoms with E-state index in [1.165, 1.54) is 360 Å². The lowest BCUT2D eigenvalue weighted by atomic mass is 10.0. The van der Waals surface area contributed by atoms with E-state index in [1.807, 2.05) is 21.1 Å². The third kappa shape index (κ3) is 77.4. The highest BCUT2D eigenvalue weighted by Crippen LogP contribution is 2.38. The number of quaternary nitrogens is 1. The smallest absolute Gasteiger partial charge is 0.306 e. The van der Waals surface area contributed by atoms with Gasteiger partial charge >= 0.3 is 11.9 Å². The fraction of sp³-hybridized carbons (Fsp3) is 0.926. The highest BCUT2D eigenvalue weighted by Gasteiger charge is 2.22. The Hall–Kier alpha value is -1.51. The van der Waals surface area contributed by atoms with Crippen molar-refractivity contribution in [3.05, 3.63) is 24.3 Å². The van der Waals surface area contributed by atoms with Gasteiger partial charge in [-0.1, -0.05) is 398 Å². The maximum atomic E-state index is 12.9. The quantitative estimate of drug-likeness (QED) is 0.0195. The molecule has 0 fully saturated rings. The highest BCUT2D eigenvalue weighted by molar-refractivity contribution is 7.45. The average molecular weight is 1310 g/mol. The van der Waals surface area contributed by atoms with Crippen LogP contribution in [-0.2, 0) is 32.7 Å². The molecule has 0 aliphatic carbocycles. The van der Waals surface area contributed by atoms with Gasteiger partial charge in [0.25, 0.3) is 7.82 Å². The maximum absolute atomic E-state index is 12.9. The Kier molecular flexibility index (Phi) is 71.5. The Morgan fingerprint density at radius 1 is 0.341 bits per heavy atom. The molecular weight excluding hydrogens is 1150 g/mol. The predicted molar refractivity (Wildman–Crippen MR) is 393 cm³/mol. The molecule has 9 nitrogen and oxygen atoms in total. The summed E-state index contributed by atoms with van der Waals surface area (Å²) in [5.74, 6) is -0.804. The second-order valence-corrected chi connectivity index (χ2v) is 30.6. The van der Waals surface area contributed by atoms with Crippen molar-refractivity contribution in [3.63, 3.8) is 0 Å². The molecule has 0 aromatic heterocycles. The number of rotatable bonds is 77. The zero-order valence-electron chi connectivity index (χ0n) is 61.8. The molecule has 2 atom stereocenters. The molecule has 0 aliphatic rings. The minimum atomic E-state index is -4.64. The van der Waals surface area contributed by atoms with Crippen LogP contribution >= 0.6 is 7.82 Å². The third-order valence-electron chi connectivity index (χ3n) is 18.7. The largest absolute Gasteiger partial charge is 0.756 e. The van der Waals surface area contributed by atoms with Gasteiger partial charge in [0.1, 0.15) is 19.8 Å². The number of unbranched alkanes of at least 4 members (excludes halogenated alkanes) is 59. The number of phosphoric ester groups is 1. The van der Waals surface area contributed by atoms with Crippen LogP contribution < -0.4 is 4.89 Å². The van der Waals surface area contributed by atoms with E-state index in [-0.39, 0.29) is 32.0 Å². The number of nitrogens with zero attached hydrogens (tertiary/aromatic N) is 1. The lowest BCUT2D eigenvalue weighted by molar-refractivity contribution is -0.870. The lowest BCUT2D eigenvalue weighted by Gasteiger charge is -2.28. The monoisotopic (exact) mass is 1300 g/mol. The van der Waals surface area contributed by atoms with Crippen LogP contribution in [0.4, 0.5) is 0 Å². The summed E-state index contributed by atoms with van der Waals surface area (Å²) >= 11 is 0. The van der Waals surface area contributed by atoms with E-state index in [9.17, 15) is 19.0 Å². The number of carbonyl (C=O) groups is 2. The van der Waals surface area contributed by atoms with Gasteiger partial charge in [0.15, 0.2) is 6.10 Å². The number of hydrogen-bond acceptors (Lipinski definition) is 8. The molecule has 0 saturated heterocycles. The lowest BCUT2D eigenvalue weighted by Crippen LogP contribution is -2.37. The average Bonchev–Trinajstić information content (AvgIpc) is 3.62. The van der Waals surface area contributed by atoms with E-state index in [1.54, 1.807) is 0 Å². The molecule has 0 saturated carbocycles. The third-order valence-corrected chi connectivity index (χ3v) is 19.7. The van der Waals surface area contributed by atoms with Crippen LogP contribution in [0.1, 0.15) is 431 Å². The molecule has 0 aromatic carbocycles. The van der Waals surface area contributed by atoms with Gasteiger partial charge in [-0.15, -0.1) is 0 Å². The minimum absolute atomic E-state index is 0.0263. The van der Waals surface area contributed by atoms with E-state index in [0.29, 0.717) is 17.4 Å². The SMILES string of the molecule is CCCCCCC/C=C\C/C=C\CCCCCCCCCCCCCCCCCCCCCCCC(=O)OC(COC(=O)CCCCCCCCCCCCCCCCCCCCCCCCCCCCCCCCCCCC)COP(=O)([O-])OCC[N+](C)(C)C. The number of likely N-dealkylation sites (N-methyl/N-ethyl adjacent to an activating group) is 1. The van der Waals surface area contributed by atoms with Crippen molar-refractivity contribution < 1.29 is 42.1 Å². The number of phosphoric acid groups is 1. The molecule has 0 heterocycles. The first kappa shape index (κ1) is 89.5. The zero-order chi connectivity index (χ0) is 66.2. The van der Waals surface area contributed by atoms with E-state index >= 15 is 0 Å². The molecule has 540 valence electrons. The fourth-order valence-corrected chi connectivity index (χ4v) is 13.2. The van der Waals surface area contributed by atoms with E-state index in [4.69, 9.17) is 18.5 Å². The van der Waals surface area contributed by atoms with Gasteiger partial charge in [-0.3, -0.25) is 14.2 Å². The molecule has 2 unspecified atom stereocenters. The van der Waals surface area contributed by atoms with Crippen molar-refractivity contribution in [2.75, 3.05) is 47.5 Å². The summed E-state index contributed by atoms with van der Waals surface area (Å²) in [6.45, 7) is 4.32. The number of allylic oxidation sites excluding steroid dienone is 4. The van der Waals surface area contributed by atoms with Gasteiger partial charge in [-0.2, -0.15) is 0 Å². The van der Waals surface area contributed by atoms with Gasteiger partial charge in [0, 0.05) is 12.8 Å². The first-order chi connectivity index (χ1) is 44.5. The van der Waals surface area contributed by atoms with Crippen molar-refractivity contribution in [2.24, 2.45) is 0 Å². The summed E-state index contributed by atoms with van der Waals surface area (Å²) < 4.78 is 34.4. The van der Waals surface area contributed by atoms with Gasteiger partial charge in [0.05, 0.1) is 27.7 Å². The van der Waals surface area contributed by atoms with Gasteiger partial charge in [-0.05, 0) is 44.9 Å². The highest BCUT2D eigenvalue weighted by atomic mass is 31.2. The van der Waals surface area contributed by atoms with Crippen LogP contribution in [-0.4, -0.2) is 70.0 Å². The van der Waals surface area contributed by atoms with E-state index in [0.717, 1.165) is 38.5 Å². The Bertz CT molecular complexity index is 1580. The van der Waals surface area contributed by atoms with Gasteiger partial charge < -0.3 is 27.9 Å². The first-order valence-corrected chi connectivity index (χ1v) is 42.0. The number of carbonyl (C=O) groups excluding carboxylic acids is 2. The van der Waals surface area contributed by atoms with Crippen LogP contribution in [0.2, 0.25) is 0 Å². The van der Waals surface area contributed by atoms with E-state index < -0.39 is 26.5 Å². The molecule has 0 rings (SSSR count). The van der Waals surface area contributed by atoms with E-state index in [2.05, 4.69) is 38.2 Å². The molecule has 0 aliphatic heterocycles. The predicted octanol–water partition coefficient (Wildman–Crippen LogP) is 26.2. The molecule has 91 heavy (non-hydrogen) atoms. The van der Waals surface area contributed by atoms with Crippen molar-refractivity contribution in [1.82, 2.24) is 0 Å². The Balaban J connectivity index is 3.89. The molecule has 10 heteroatoms. The maximum Gasteiger partial charge on any atom is 0.306 e. The van der Waals surface area contributed by atoms with Crippen LogP contribution in [0, 0.1) is 0 Å². The van der Waals surface area contributed by atoms with Crippen molar-refractivity contribution >= 4 is 19.8 Å². The first-order valence-electron chi connectivity index (χ1n) is 40.5. The Morgan fingerprint density at radius 2 is 0.593 bits per heavy atom. The number of esters is 2. The molecular formula is C81H158NO8P. The van der Waals surface area contributed by atoms with Gasteiger partial charge in [0.2, 0.25) is 0 Å². The minimum Gasteiger partial charge on any atom is -0.756 e. The second kappa shape index (κ2) is 72.8. The second-order valence-electron chi connectivity index (χ2n) is 29.1. The van der Waals surface area contributed by atoms with Crippen LogP contribution in [0.3, 0.4) is 0 Å². The molecule has 0 spiro atoms. The standard InChI is InChI=1S/C81H158NO8P/c1-6-8-10-12-14-16-18-20-22-24-26-28-30-32-34-36-38-40-42-43-45-47-49-51-53-55-57-59-61-63-65-67-69-71-73-80(83)87-77-79(78-89-91(85,86)88-76-75-82(3,4)5)90-81(84)74-72-70-68-66-64-62-60-58-56-54-52-50-48-46-44-41-39-37-35-33-31-29-27-25-23-21-19-17-15-13-11-9-7-2/h19,21,25,27,79H,6-18,20,22-24,26,28-78H2,1-5H3/b21-19-,27-25-. The number of hydrogen-bond donors (Lipinski definition) is 0. The summed E-state index contributed by atoms with van der Waals surface area (Å²) in [7, 11) is 1.19. The summed E-state index contributed by atoms with van der Waals surface area (Å²) in [5, 5.41) is 0. The molecule has 0 aromatic rings. The Labute approximate surface area is 568 Å². The number of ether oxygens (including phenoxy) is 2. The van der Waals surface area contributed by atoms with Crippen molar-refractivity contribution in [1.29, 1.82) is 0 Å². The van der Waals surface area contributed by atoms with Gasteiger partial charge in [-0.25, -0.2) is 0 Å². The molecule has 0 amide bonds. The van der Waals surface area contributed by atoms with Crippen LogP contribution in [0.25, 0.3) is 0 Å². The molecule has 0 radical (unpaired) electrons. The van der Waals surface area contributed by atoms with Crippen LogP contribution in [0.15, 0.2) is 24.3 Å². The normalized spacial score (nSPS) is 13.1.